The number of pyridine rings is 2. The summed E-state index contributed by atoms with van der Waals surface area (Å²) in [5.41, 5.74) is 8.10. The monoisotopic (exact) mass is 471 g/mol. The number of rotatable bonds is 9. The standard InChI is InChI=1S/C30H41N5/c1-6-35-23-30(3,4)22-33(5)29-19-25(11-12-28(29)35)13-17-34(18-14-26-9-7-15-31-20-26)21-27-10-8-16-32-24(27)2/h7-12,15-16,19-20H,6,13-14,17-18,21-23H2,1-5H3. The number of nitrogens with zero attached hydrogens (tertiary/aromatic N) is 5. The zero-order chi connectivity index (χ0) is 24.8. The number of hydrogen-bond donors (Lipinski definition) is 0. The molecule has 0 atom stereocenters. The van der Waals surface area contributed by atoms with Gasteiger partial charge in [-0.15, -0.1) is 0 Å². The predicted octanol–water partition coefficient (Wildman–Crippen LogP) is 5.37. The molecule has 4 rings (SSSR count). The zero-order valence-corrected chi connectivity index (χ0v) is 22.2. The third-order valence-corrected chi connectivity index (χ3v) is 7.12. The first kappa shape index (κ1) is 25.2. The summed E-state index contributed by atoms with van der Waals surface area (Å²) in [6.07, 6.45) is 7.74. The molecule has 0 spiro atoms. The van der Waals surface area contributed by atoms with Crippen molar-refractivity contribution < 1.29 is 0 Å². The maximum atomic E-state index is 4.51. The van der Waals surface area contributed by atoms with Crippen LogP contribution in [0.2, 0.25) is 0 Å². The van der Waals surface area contributed by atoms with Crippen LogP contribution in [0.3, 0.4) is 0 Å². The van der Waals surface area contributed by atoms with Crippen molar-refractivity contribution in [1.29, 1.82) is 0 Å². The molecule has 2 aromatic heterocycles. The molecule has 1 aliphatic rings. The molecule has 3 heterocycles. The fourth-order valence-corrected chi connectivity index (χ4v) is 5.27. The number of aryl methyl sites for hydroxylation is 1. The van der Waals surface area contributed by atoms with Crippen molar-refractivity contribution in [3.63, 3.8) is 0 Å². The Morgan fingerprint density at radius 1 is 0.943 bits per heavy atom. The second kappa shape index (κ2) is 11.2. The van der Waals surface area contributed by atoms with E-state index in [-0.39, 0.29) is 5.41 Å². The van der Waals surface area contributed by atoms with Gasteiger partial charge in [-0.1, -0.05) is 32.0 Å². The van der Waals surface area contributed by atoms with E-state index >= 15 is 0 Å². The molecule has 186 valence electrons. The molecule has 3 aromatic rings. The Kier molecular flexibility index (Phi) is 8.07. The minimum absolute atomic E-state index is 0.259. The quantitative estimate of drug-likeness (QED) is 0.419. The van der Waals surface area contributed by atoms with Gasteiger partial charge in [0.05, 0.1) is 11.4 Å². The van der Waals surface area contributed by atoms with Crippen LogP contribution in [0.15, 0.2) is 61.1 Å². The Labute approximate surface area is 211 Å². The van der Waals surface area contributed by atoms with Crippen LogP contribution >= 0.6 is 0 Å². The highest BCUT2D eigenvalue weighted by Gasteiger charge is 2.29. The predicted molar refractivity (Wildman–Crippen MR) is 147 cm³/mol. The van der Waals surface area contributed by atoms with Gasteiger partial charge in [0.1, 0.15) is 0 Å². The molecule has 0 amide bonds. The number of fused-ring (bicyclic) bond motifs is 1. The summed E-state index contributed by atoms with van der Waals surface area (Å²) in [7, 11) is 2.24. The van der Waals surface area contributed by atoms with Gasteiger partial charge in [-0.05, 0) is 73.1 Å². The van der Waals surface area contributed by atoms with Gasteiger partial charge < -0.3 is 9.80 Å². The molecule has 5 heteroatoms. The second-order valence-electron chi connectivity index (χ2n) is 10.7. The van der Waals surface area contributed by atoms with Gasteiger partial charge in [0.15, 0.2) is 0 Å². The second-order valence-corrected chi connectivity index (χ2v) is 10.7. The van der Waals surface area contributed by atoms with Gasteiger partial charge in [-0.3, -0.25) is 14.9 Å². The van der Waals surface area contributed by atoms with Crippen LogP contribution in [0.5, 0.6) is 0 Å². The average molecular weight is 472 g/mol. The third-order valence-electron chi connectivity index (χ3n) is 7.12. The molecular weight excluding hydrogens is 430 g/mol. The van der Waals surface area contributed by atoms with Crippen molar-refractivity contribution in [2.45, 2.75) is 47.1 Å². The molecule has 35 heavy (non-hydrogen) atoms. The largest absolute Gasteiger partial charge is 0.372 e. The van der Waals surface area contributed by atoms with E-state index in [9.17, 15) is 0 Å². The number of benzene rings is 1. The zero-order valence-electron chi connectivity index (χ0n) is 22.2. The van der Waals surface area contributed by atoms with Crippen molar-refractivity contribution >= 4 is 11.4 Å². The molecule has 0 aliphatic carbocycles. The Balaban J connectivity index is 1.50. The van der Waals surface area contributed by atoms with E-state index in [0.29, 0.717) is 0 Å². The maximum absolute atomic E-state index is 4.51. The van der Waals surface area contributed by atoms with E-state index in [1.54, 1.807) is 0 Å². The summed E-state index contributed by atoms with van der Waals surface area (Å²) >= 11 is 0. The van der Waals surface area contributed by atoms with E-state index < -0.39 is 0 Å². The fourth-order valence-electron chi connectivity index (χ4n) is 5.27. The Morgan fingerprint density at radius 2 is 1.71 bits per heavy atom. The summed E-state index contributed by atoms with van der Waals surface area (Å²) in [5.74, 6) is 0. The van der Waals surface area contributed by atoms with Crippen LogP contribution < -0.4 is 9.80 Å². The Hall–Kier alpha value is -2.92. The number of anilines is 2. The summed E-state index contributed by atoms with van der Waals surface area (Å²) in [5, 5.41) is 0. The first-order chi connectivity index (χ1) is 16.8. The molecule has 0 fully saturated rings. The minimum Gasteiger partial charge on any atom is -0.372 e. The first-order valence-electron chi connectivity index (χ1n) is 13.0. The van der Waals surface area contributed by atoms with E-state index in [4.69, 9.17) is 0 Å². The van der Waals surface area contributed by atoms with Gasteiger partial charge in [0.25, 0.3) is 0 Å². The van der Waals surface area contributed by atoms with Crippen LogP contribution in [0.1, 0.15) is 43.2 Å². The average Bonchev–Trinajstić information content (AvgIpc) is 2.95. The number of hydrogen-bond acceptors (Lipinski definition) is 5. The van der Waals surface area contributed by atoms with Gasteiger partial charge in [0.2, 0.25) is 0 Å². The van der Waals surface area contributed by atoms with E-state index in [1.165, 1.54) is 28.1 Å². The van der Waals surface area contributed by atoms with Crippen LogP contribution in [-0.4, -0.2) is 54.6 Å². The normalized spacial score (nSPS) is 15.3. The van der Waals surface area contributed by atoms with E-state index in [0.717, 1.165) is 57.8 Å². The SMILES string of the molecule is CCN1CC(C)(C)CN(C)c2cc(CCN(CCc3cccnc3)Cc3cccnc3C)ccc21. The Morgan fingerprint density at radius 3 is 2.43 bits per heavy atom. The van der Waals surface area contributed by atoms with Crippen LogP contribution in [-0.2, 0) is 19.4 Å². The van der Waals surface area contributed by atoms with Crippen molar-refractivity contribution in [1.82, 2.24) is 14.9 Å². The lowest BCUT2D eigenvalue weighted by Gasteiger charge is -2.30. The first-order valence-corrected chi connectivity index (χ1v) is 13.0. The van der Waals surface area contributed by atoms with Gasteiger partial charge in [0, 0.05) is 70.6 Å². The molecular formula is C30H41N5. The summed E-state index contributed by atoms with van der Waals surface area (Å²) in [6.45, 7) is 15.3. The molecule has 0 radical (unpaired) electrons. The highest BCUT2D eigenvalue weighted by Crippen LogP contribution is 2.37. The molecule has 0 bridgehead atoms. The molecule has 0 saturated carbocycles. The lowest BCUT2D eigenvalue weighted by Crippen LogP contribution is -2.37. The fraction of sp³-hybridized carbons (Fsp3) is 0.467. The Bertz CT molecular complexity index is 1090. The molecule has 5 nitrogen and oxygen atoms in total. The molecule has 0 saturated heterocycles. The summed E-state index contributed by atoms with van der Waals surface area (Å²) in [4.78, 5) is 16.4. The number of aromatic nitrogens is 2. The van der Waals surface area contributed by atoms with Crippen molar-refractivity contribution in [3.05, 3.63) is 83.4 Å². The van der Waals surface area contributed by atoms with Crippen molar-refractivity contribution in [3.8, 4) is 0 Å². The maximum Gasteiger partial charge on any atom is 0.0604 e. The van der Waals surface area contributed by atoms with Crippen molar-refractivity contribution in [2.75, 3.05) is 49.6 Å². The van der Waals surface area contributed by atoms with E-state index in [1.807, 2.05) is 30.7 Å². The van der Waals surface area contributed by atoms with Gasteiger partial charge in [-0.2, -0.15) is 0 Å². The minimum atomic E-state index is 0.259. The lowest BCUT2D eigenvalue weighted by molar-refractivity contribution is 0.271. The highest BCUT2D eigenvalue weighted by molar-refractivity contribution is 5.73. The van der Waals surface area contributed by atoms with Crippen LogP contribution in [0.25, 0.3) is 0 Å². The summed E-state index contributed by atoms with van der Waals surface area (Å²) < 4.78 is 0. The summed E-state index contributed by atoms with van der Waals surface area (Å²) in [6, 6.07) is 15.6. The highest BCUT2D eigenvalue weighted by atomic mass is 15.2. The molecule has 0 N–H and O–H groups in total. The van der Waals surface area contributed by atoms with Crippen LogP contribution in [0, 0.1) is 12.3 Å². The topological polar surface area (TPSA) is 35.5 Å². The molecule has 0 unspecified atom stereocenters. The van der Waals surface area contributed by atoms with E-state index in [2.05, 4.69) is 89.7 Å². The van der Waals surface area contributed by atoms with Crippen molar-refractivity contribution in [2.24, 2.45) is 5.41 Å². The molecule has 1 aromatic carbocycles. The van der Waals surface area contributed by atoms with Gasteiger partial charge in [-0.25, -0.2) is 0 Å². The third kappa shape index (κ3) is 6.61. The molecule has 1 aliphatic heterocycles. The smallest absolute Gasteiger partial charge is 0.0604 e. The van der Waals surface area contributed by atoms with Crippen LogP contribution in [0.4, 0.5) is 11.4 Å². The van der Waals surface area contributed by atoms with Gasteiger partial charge >= 0.3 is 0 Å². The lowest BCUT2D eigenvalue weighted by atomic mass is 9.92.